The molecule has 0 N–H and O–H groups in total. The summed E-state index contributed by atoms with van der Waals surface area (Å²) in [7, 11) is -3.43. The highest BCUT2D eigenvalue weighted by Gasteiger charge is 2.35. The number of likely N-dealkylation sites (tertiary alicyclic amines) is 1. The maximum atomic E-state index is 12.8. The third-order valence-corrected chi connectivity index (χ3v) is 6.39. The number of benzene rings is 2. The Morgan fingerprint density at radius 1 is 1.12 bits per heavy atom. The molecule has 0 aromatic heterocycles. The Morgan fingerprint density at radius 3 is 2.38 bits per heavy atom. The largest absolute Gasteiger partial charge is 0.481 e. The molecule has 2 aromatic carbocycles. The molecule has 6 heteroatoms. The molecule has 2 aromatic rings. The summed E-state index contributed by atoms with van der Waals surface area (Å²) in [5.74, 6) is 0.404. The van der Waals surface area contributed by atoms with E-state index in [0.717, 1.165) is 6.42 Å². The molecule has 138 valence electrons. The van der Waals surface area contributed by atoms with Crippen LogP contribution in [0.2, 0.25) is 0 Å². The average molecular weight is 373 g/mol. The molecule has 5 nitrogen and oxygen atoms in total. The predicted octanol–water partition coefficient (Wildman–Crippen LogP) is 2.92. The number of carbonyl (C=O) groups excluding carboxylic acids is 1. The molecule has 0 spiro atoms. The van der Waals surface area contributed by atoms with Crippen molar-refractivity contribution in [3.63, 3.8) is 0 Å². The first-order valence-electron chi connectivity index (χ1n) is 8.77. The lowest BCUT2D eigenvalue weighted by Gasteiger charge is -2.27. The van der Waals surface area contributed by atoms with E-state index in [4.69, 9.17) is 4.74 Å². The summed E-state index contributed by atoms with van der Waals surface area (Å²) in [6.07, 6.45) is 0.840. The van der Waals surface area contributed by atoms with Gasteiger partial charge in [-0.25, -0.2) is 8.42 Å². The Hall–Kier alpha value is -2.34. The van der Waals surface area contributed by atoms with Crippen molar-refractivity contribution in [1.82, 2.24) is 4.90 Å². The van der Waals surface area contributed by atoms with Gasteiger partial charge in [-0.2, -0.15) is 0 Å². The van der Waals surface area contributed by atoms with Gasteiger partial charge in [0, 0.05) is 12.6 Å². The molecule has 1 heterocycles. The zero-order valence-corrected chi connectivity index (χ0v) is 15.6. The third-order valence-electron chi connectivity index (χ3n) is 4.58. The Bertz CT molecular complexity index is 837. The van der Waals surface area contributed by atoms with Gasteiger partial charge in [-0.3, -0.25) is 4.79 Å². The molecule has 3 rings (SSSR count). The van der Waals surface area contributed by atoms with Crippen molar-refractivity contribution in [2.24, 2.45) is 0 Å². The van der Waals surface area contributed by atoms with Crippen LogP contribution in [0, 0.1) is 0 Å². The molecule has 1 aliphatic heterocycles. The van der Waals surface area contributed by atoms with Crippen LogP contribution in [0.4, 0.5) is 0 Å². The predicted molar refractivity (Wildman–Crippen MR) is 99.8 cm³/mol. The second kappa shape index (κ2) is 7.91. The molecular weight excluding hydrogens is 350 g/mol. The molecule has 0 bridgehead atoms. The van der Waals surface area contributed by atoms with Crippen LogP contribution in [0.5, 0.6) is 5.75 Å². The van der Waals surface area contributed by atoms with E-state index >= 15 is 0 Å². The van der Waals surface area contributed by atoms with E-state index in [1.165, 1.54) is 0 Å². The van der Waals surface area contributed by atoms with Crippen molar-refractivity contribution < 1.29 is 17.9 Å². The van der Waals surface area contributed by atoms with E-state index in [-0.39, 0.29) is 17.7 Å². The highest BCUT2D eigenvalue weighted by Crippen LogP contribution is 2.24. The van der Waals surface area contributed by atoms with Gasteiger partial charge in [0.05, 0.1) is 10.6 Å². The zero-order valence-electron chi connectivity index (χ0n) is 14.7. The van der Waals surface area contributed by atoms with E-state index in [9.17, 15) is 13.2 Å². The molecule has 0 saturated carbocycles. The van der Waals surface area contributed by atoms with E-state index in [0.29, 0.717) is 23.6 Å². The Labute approximate surface area is 154 Å². The first-order valence-corrected chi connectivity index (χ1v) is 10.4. The molecule has 1 fully saturated rings. The minimum atomic E-state index is -3.43. The third kappa shape index (κ3) is 4.25. The van der Waals surface area contributed by atoms with Crippen LogP contribution in [-0.4, -0.2) is 43.7 Å². The van der Waals surface area contributed by atoms with Gasteiger partial charge < -0.3 is 9.64 Å². The Kier molecular flexibility index (Phi) is 5.61. The lowest BCUT2D eigenvalue weighted by atomic mass is 10.2. The van der Waals surface area contributed by atoms with Crippen molar-refractivity contribution in [3.8, 4) is 5.75 Å². The fourth-order valence-corrected chi connectivity index (χ4v) is 4.88. The topological polar surface area (TPSA) is 63.7 Å². The van der Waals surface area contributed by atoms with Crippen molar-refractivity contribution in [2.75, 3.05) is 12.3 Å². The molecule has 2 atom stereocenters. The van der Waals surface area contributed by atoms with E-state index in [2.05, 4.69) is 0 Å². The van der Waals surface area contributed by atoms with Crippen LogP contribution < -0.4 is 4.74 Å². The SMILES string of the molecule is CC(Oc1ccccc1)C(=O)N1CCCC1CS(=O)(=O)c1ccccc1. The number of sulfone groups is 1. The van der Waals surface area contributed by atoms with E-state index < -0.39 is 15.9 Å². The summed E-state index contributed by atoms with van der Waals surface area (Å²) in [4.78, 5) is 14.7. The second-order valence-electron chi connectivity index (χ2n) is 6.50. The normalized spacial score (nSPS) is 18.5. The van der Waals surface area contributed by atoms with Gasteiger partial charge in [-0.1, -0.05) is 36.4 Å². The lowest BCUT2D eigenvalue weighted by Crippen LogP contribution is -2.45. The van der Waals surface area contributed by atoms with Crippen molar-refractivity contribution >= 4 is 15.7 Å². The molecular formula is C20H23NO4S. The summed E-state index contributed by atoms with van der Waals surface area (Å²) in [6.45, 7) is 2.27. The lowest BCUT2D eigenvalue weighted by molar-refractivity contribution is -0.138. The van der Waals surface area contributed by atoms with Crippen LogP contribution in [0.15, 0.2) is 65.6 Å². The highest BCUT2D eigenvalue weighted by atomic mass is 32.2. The van der Waals surface area contributed by atoms with Crippen molar-refractivity contribution in [2.45, 2.75) is 36.8 Å². The number of rotatable bonds is 6. The van der Waals surface area contributed by atoms with Gasteiger partial charge in [-0.05, 0) is 44.0 Å². The number of ether oxygens (including phenoxy) is 1. The van der Waals surface area contributed by atoms with Gasteiger partial charge in [0.1, 0.15) is 5.75 Å². The number of para-hydroxylation sites is 1. The molecule has 1 amide bonds. The molecule has 0 aliphatic carbocycles. The van der Waals surface area contributed by atoms with Crippen LogP contribution in [0.25, 0.3) is 0 Å². The Morgan fingerprint density at radius 2 is 1.73 bits per heavy atom. The zero-order chi connectivity index (χ0) is 18.6. The van der Waals surface area contributed by atoms with Crippen LogP contribution in [0.1, 0.15) is 19.8 Å². The van der Waals surface area contributed by atoms with Crippen LogP contribution in [-0.2, 0) is 14.6 Å². The van der Waals surface area contributed by atoms with Crippen LogP contribution >= 0.6 is 0 Å². The first kappa shape index (κ1) is 18.5. The monoisotopic (exact) mass is 373 g/mol. The number of hydrogen-bond donors (Lipinski definition) is 0. The number of hydrogen-bond acceptors (Lipinski definition) is 4. The molecule has 0 radical (unpaired) electrons. The number of nitrogens with zero attached hydrogens (tertiary/aromatic N) is 1. The molecule has 1 saturated heterocycles. The van der Waals surface area contributed by atoms with Gasteiger partial charge in [0.25, 0.3) is 5.91 Å². The van der Waals surface area contributed by atoms with Gasteiger partial charge in [0.2, 0.25) is 0 Å². The highest BCUT2D eigenvalue weighted by molar-refractivity contribution is 7.91. The Balaban J connectivity index is 1.68. The van der Waals surface area contributed by atoms with E-state index in [1.54, 1.807) is 54.3 Å². The fraction of sp³-hybridized carbons (Fsp3) is 0.350. The molecule has 26 heavy (non-hydrogen) atoms. The summed E-state index contributed by atoms with van der Waals surface area (Å²) in [5, 5.41) is 0. The quantitative estimate of drug-likeness (QED) is 0.781. The maximum absolute atomic E-state index is 12.8. The van der Waals surface area contributed by atoms with Gasteiger partial charge in [0.15, 0.2) is 15.9 Å². The second-order valence-corrected chi connectivity index (χ2v) is 8.53. The first-order chi connectivity index (χ1) is 12.5. The standard InChI is InChI=1S/C20H23NO4S/c1-16(25-18-10-4-2-5-11-18)20(22)21-14-8-9-17(21)15-26(23,24)19-12-6-3-7-13-19/h2-7,10-13,16-17H,8-9,14-15H2,1H3. The van der Waals surface area contributed by atoms with Gasteiger partial charge in [-0.15, -0.1) is 0 Å². The minimum absolute atomic E-state index is 0.0548. The summed E-state index contributed by atoms with van der Waals surface area (Å²) in [6, 6.07) is 17.2. The summed E-state index contributed by atoms with van der Waals surface area (Å²) >= 11 is 0. The van der Waals surface area contributed by atoms with E-state index in [1.807, 2.05) is 18.2 Å². The molecule has 2 unspecified atom stereocenters. The smallest absolute Gasteiger partial charge is 0.263 e. The minimum Gasteiger partial charge on any atom is -0.481 e. The summed E-state index contributed by atoms with van der Waals surface area (Å²) in [5.41, 5.74) is 0. The van der Waals surface area contributed by atoms with Crippen LogP contribution in [0.3, 0.4) is 0 Å². The molecule has 1 aliphatic rings. The van der Waals surface area contributed by atoms with Crippen molar-refractivity contribution in [3.05, 3.63) is 60.7 Å². The average Bonchev–Trinajstić information content (AvgIpc) is 3.10. The number of amides is 1. The maximum Gasteiger partial charge on any atom is 0.263 e. The summed E-state index contributed by atoms with van der Waals surface area (Å²) < 4.78 is 31.0. The number of carbonyl (C=O) groups is 1. The van der Waals surface area contributed by atoms with Crippen molar-refractivity contribution in [1.29, 1.82) is 0 Å². The fourth-order valence-electron chi connectivity index (χ4n) is 3.26. The van der Waals surface area contributed by atoms with Gasteiger partial charge >= 0.3 is 0 Å².